The zero-order valence-electron chi connectivity index (χ0n) is 12.0. The Morgan fingerprint density at radius 2 is 2.05 bits per heavy atom. The fourth-order valence-electron chi connectivity index (χ4n) is 1.62. The molecule has 2 rings (SSSR count). The quantitative estimate of drug-likeness (QED) is 0.934. The minimum Gasteiger partial charge on any atom is -0.496 e. The fraction of sp³-hybridized carbons (Fsp3) is 0.429. The molecule has 0 fully saturated rings. The molecule has 6 heteroatoms. The van der Waals surface area contributed by atoms with Crippen LogP contribution in [0.1, 0.15) is 25.8 Å². The highest BCUT2D eigenvalue weighted by molar-refractivity contribution is 7.14. The Balaban J connectivity index is 2.20. The first-order valence-corrected chi connectivity index (χ1v) is 7.50. The van der Waals surface area contributed by atoms with Crippen molar-refractivity contribution in [2.24, 2.45) is 0 Å². The third-order valence-corrected chi connectivity index (χ3v) is 3.82. The summed E-state index contributed by atoms with van der Waals surface area (Å²) >= 11 is 7.52. The number of halogens is 1. The predicted octanol–water partition coefficient (Wildman–Crippen LogP) is 3.76. The van der Waals surface area contributed by atoms with Crippen LogP contribution in [0, 0.1) is 0 Å². The molecule has 2 aromatic rings. The molecule has 0 saturated heterocycles. The van der Waals surface area contributed by atoms with Gasteiger partial charge in [-0.05, 0) is 39.0 Å². The molecule has 1 heterocycles. The van der Waals surface area contributed by atoms with Crippen LogP contribution in [0.15, 0.2) is 18.2 Å². The van der Waals surface area contributed by atoms with Crippen LogP contribution in [0.25, 0.3) is 10.6 Å². The van der Waals surface area contributed by atoms with Crippen LogP contribution in [0.2, 0.25) is 5.02 Å². The van der Waals surface area contributed by atoms with E-state index < -0.39 is 0 Å². The SMILES string of the molecule is COc1cc(Cl)ccc1-c1nnc(CNC(C)(C)C)s1. The number of hydrogen-bond acceptors (Lipinski definition) is 5. The van der Waals surface area contributed by atoms with Crippen molar-refractivity contribution in [3.05, 3.63) is 28.2 Å². The molecule has 0 bridgehead atoms. The standard InChI is InChI=1S/C14H18ClN3OS/c1-14(2,3)16-8-12-17-18-13(20-12)10-6-5-9(15)7-11(10)19-4/h5-7,16H,8H2,1-4H3. The summed E-state index contributed by atoms with van der Waals surface area (Å²) in [4.78, 5) is 0. The third-order valence-electron chi connectivity index (χ3n) is 2.63. The molecule has 0 saturated carbocycles. The molecule has 0 unspecified atom stereocenters. The average Bonchev–Trinajstić information content (AvgIpc) is 2.84. The molecule has 1 N–H and O–H groups in total. The Morgan fingerprint density at radius 3 is 2.70 bits per heavy atom. The first kappa shape index (κ1) is 15.2. The summed E-state index contributed by atoms with van der Waals surface area (Å²) in [6.45, 7) is 7.07. The molecule has 0 aliphatic heterocycles. The second-order valence-electron chi connectivity index (χ2n) is 5.45. The van der Waals surface area contributed by atoms with Gasteiger partial charge in [-0.1, -0.05) is 22.9 Å². The maximum atomic E-state index is 5.97. The van der Waals surface area contributed by atoms with Crippen molar-refractivity contribution < 1.29 is 4.74 Å². The summed E-state index contributed by atoms with van der Waals surface area (Å²) in [7, 11) is 1.62. The summed E-state index contributed by atoms with van der Waals surface area (Å²) in [6.07, 6.45) is 0. The van der Waals surface area contributed by atoms with E-state index in [4.69, 9.17) is 16.3 Å². The Hall–Kier alpha value is -1.17. The van der Waals surface area contributed by atoms with E-state index in [2.05, 4.69) is 36.3 Å². The van der Waals surface area contributed by atoms with Gasteiger partial charge in [0.1, 0.15) is 10.8 Å². The number of rotatable bonds is 4. The Kier molecular flexibility index (Phi) is 4.62. The lowest BCUT2D eigenvalue weighted by Crippen LogP contribution is -2.35. The van der Waals surface area contributed by atoms with E-state index in [0.717, 1.165) is 15.6 Å². The molecule has 0 aliphatic carbocycles. The van der Waals surface area contributed by atoms with Crippen molar-refractivity contribution >= 4 is 22.9 Å². The van der Waals surface area contributed by atoms with E-state index in [-0.39, 0.29) is 5.54 Å². The topological polar surface area (TPSA) is 47.0 Å². The van der Waals surface area contributed by atoms with E-state index >= 15 is 0 Å². The van der Waals surface area contributed by atoms with Crippen LogP contribution >= 0.6 is 22.9 Å². The van der Waals surface area contributed by atoms with Crippen LogP contribution in [0.5, 0.6) is 5.75 Å². The van der Waals surface area contributed by atoms with Crippen molar-refractivity contribution in [2.45, 2.75) is 32.9 Å². The first-order valence-electron chi connectivity index (χ1n) is 6.30. The molecule has 108 valence electrons. The highest BCUT2D eigenvalue weighted by Crippen LogP contribution is 2.34. The summed E-state index contributed by atoms with van der Waals surface area (Å²) < 4.78 is 5.34. The van der Waals surface area contributed by atoms with Gasteiger partial charge in [-0.2, -0.15) is 0 Å². The molecule has 0 atom stereocenters. The summed E-state index contributed by atoms with van der Waals surface area (Å²) in [5, 5.41) is 14.3. The second-order valence-corrected chi connectivity index (χ2v) is 6.95. The van der Waals surface area contributed by atoms with Gasteiger partial charge in [-0.25, -0.2) is 0 Å². The second kappa shape index (κ2) is 6.08. The third kappa shape index (κ3) is 3.91. The van der Waals surface area contributed by atoms with E-state index in [0.29, 0.717) is 17.3 Å². The van der Waals surface area contributed by atoms with Gasteiger partial charge in [0.15, 0.2) is 5.01 Å². The van der Waals surface area contributed by atoms with Crippen molar-refractivity contribution in [3.63, 3.8) is 0 Å². The molecule has 1 aromatic carbocycles. The van der Waals surface area contributed by atoms with E-state index in [1.54, 1.807) is 24.5 Å². The first-order chi connectivity index (χ1) is 9.39. The maximum Gasteiger partial charge on any atom is 0.151 e. The van der Waals surface area contributed by atoms with Gasteiger partial charge >= 0.3 is 0 Å². The van der Waals surface area contributed by atoms with E-state index in [1.165, 1.54) is 0 Å². The predicted molar refractivity (Wildman–Crippen MR) is 83.5 cm³/mol. The lowest BCUT2D eigenvalue weighted by Gasteiger charge is -2.19. The lowest BCUT2D eigenvalue weighted by molar-refractivity contribution is 0.416. The van der Waals surface area contributed by atoms with Gasteiger partial charge in [0.2, 0.25) is 0 Å². The minimum absolute atomic E-state index is 0.0593. The normalized spacial score (nSPS) is 11.7. The number of nitrogens with zero attached hydrogens (tertiary/aromatic N) is 2. The lowest BCUT2D eigenvalue weighted by atomic mass is 10.1. The van der Waals surface area contributed by atoms with Crippen molar-refractivity contribution in [1.82, 2.24) is 15.5 Å². The molecule has 0 aliphatic rings. The average molecular weight is 312 g/mol. The van der Waals surface area contributed by atoms with E-state index in [1.807, 2.05) is 12.1 Å². The molecule has 0 spiro atoms. The zero-order chi connectivity index (χ0) is 14.8. The molecular formula is C14H18ClN3OS. The fourth-order valence-corrected chi connectivity index (χ4v) is 2.59. The number of methoxy groups -OCH3 is 1. The highest BCUT2D eigenvalue weighted by Gasteiger charge is 2.14. The van der Waals surface area contributed by atoms with Gasteiger partial charge in [-0.3, -0.25) is 0 Å². The van der Waals surface area contributed by atoms with Crippen LogP contribution in [0.4, 0.5) is 0 Å². The molecular weight excluding hydrogens is 294 g/mol. The van der Waals surface area contributed by atoms with Crippen molar-refractivity contribution in [3.8, 4) is 16.3 Å². The zero-order valence-corrected chi connectivity index (χ0v) is 13.6. The minimum atomic E-state index is 0.0593. The molecule has 0 radical (unpaired) electrons. The monoisotopic (exact) mass is 311 g/mol. The molecule has 1 aromatic heterocycles. The number of hydrogen-bond donors (Lipinski definition) is 1. The Labute approximate surface area is 128 Å². The molecule has 4 nitrogen and oxygen atoms in total. The largest absolute Gasteiger partial charge is 0.496 e. The number of ether oxygens (including phenoxy) is 1. The van der Waals surface area contributed by atoms with Crippen LogP contribution in [0.3, 0.4) is 0 Å². The summed E-state index contributed by atoms with van der Waals surface area (Å²) in [6, 6.07) is 5.52. The number of aromatic nitrogens is 2. The van der Waals surface area contributed by atoms with Crippen LogP contribution in [-0.2, 0) is 6.54 Å². The van der Waals surface area contributed by atoms with Crippen molar-refractivity contribution in [2.75, 3.05) is 7.11 Å². The van der Waals surface area contributed by atoms with Gasteiger partial charge < -0.3 is 10.1 Å². The Morgan fingerprint density at radius 1 is 1.30 bits per heavy atom. The molecule has 20 heavy (non-hydrogen) atoms. The number of nitrogens with one attached hydrogen (secondary N) is 1. The smallest absolute Gasteiger partial charge is 0.151 e. The van der Waals surface area contributed by atoms with Gasteiger partial charge in [0, 0.05) is 10.6 Å². The number of benzene rings is 1. The van der Waals surface area contributed by atoms with Crippen LogP contribution < -0.4 is 10.1 Å². The summed E-state index contributed by atoms with van der Waals surface area (Å²) in [5.74, 6) is 0.712. The van der Waals surface area contributed by atoms with Gasteiger partial charge in [0.25, 0.3) is 0 Å². The van der Waals surface area contributed by atoms with Crippen LogP contribution in [-0.4, -0.2) is 22.8 Å². The summed E-state index contributed by atoms with van der Waals surface area (Å²) in [5.41, 5.74) is 0.973. The van der Waals surface area contributed by atoms with Gasteiger partial charge in [0.05, 0.1) is 19.2 Å². The van der Waals surface area contributed by atoms with Gasteiger partial charge in [-0.15, -0.1) is 10.2 Å². The Bertz CT molecular complexity index is 592. The van der Waals surface area contributed by atoms with E-state index in [9.17, 15) is 0 Å². The molecule has 0 amide bonds. The maximum absolute atomic E-state index is 5.97. The highest BCUT2D eigenvalue weighted by atomic mass is 35.5. The van der Waals surface area contributed by atoms with Crippen molar-refractivity contribution in [1.29, 1.82) is 0 Å².